The maximum absolute atomic E-state index is 13.9. The van der Waals surface area contributed by atoms with E-state index in [9.17, 15) is 10.1 Å². The van der Waals surface area contributed by atoms with Gasteiger partial charge < -0.3 is 9.80 Å². The van der Waals surface area contributed by atoms with Gasteiger partial charge in [0, 0.05) is 43.0 Å². The molecule has 0 bridgehead atoms. The number of benzene rings is 1. The maximum atomic E-state index is 13.9. The highest BCUT2D eigenvalue weighted by atomic mass is 16.2. The van der Waals surface area contributed by atoms with Crippen molar-refractivity contribution in [1.82, 2.24) is 19.5 Å². The molecule has 2 aliphatic heterocycles. The fourth-order valence-corrected chi connectivity index (χ4v) is 6.43. The molecule has 3 aliphatic rings. The second kappa shape index (κ2) is 9.24. The summed E-state index contributed by atoms with van der Waals surface area (Å²) in [6, 6.07) is 10.7. The van der Waals surface area contributed by atoms with Crippen molar-refractivity contribution in [3.05, 3.63) is 58.4 Å². The first-order valence-electron chi connectivity index (χ1n) is 13.5. The third-order valence-electron chi connectivity index (χ3n) is 8.43. The first-order chi connectivity index (χ1) is 17.5. The van der Waals surface area contributed by atoms with Crippen molar-refractivity contribution in [3.63, 3.8) is 0 Å². The lowest BCUT2D eigenvalue weighted by molar-refractivity contribution is 0.0604. The lowest BCUT2D eigenvalue weighted by Gasteiger charge is -2.35. The first-order valence-corrected chi connectivity index (χ1v) is 13.5. The van der Waals surface area contributed by atoms with Crippen LogP contribution in [0.2, 0.25) is 0 Å². The zero-order valence-electron chi connectivity index (χ0n) is 21.3. The van der Waals surface area contributed by atoms with Crippen LogP contribution in [0.25, 0.3) is 5.65 Å². The van der Waals surface area contributed by atoms with Crippen LogP contribution in [0.1, 0.15) is 77.8 Å². The predicted octanol–water partition coefficient (Wildman–Crippen LogP) is 4.88. The molecule has 7 heteroatoms. The van der Waals surface area contributed by atoms with Crippen LogP contribution in [0.5, 0.6) is 0 Å². The molecule has 0 unspecified atom stereocenters. The summed E-state index contributed by atoms with van der Waals surface area (Å²) < 4.78 is 1.86. The summed E-state index contributed by atoms with van der Waals surface area (Å²) in [4.78, 5) is 23.2. The number of amides is 1. The monoisotopic (exact) mass is 482 g/mol. The molecule has 186 valence electrons. The number of nitrogens with zero attached hydrogens (tertiary/aromatic N) is 6. The lowest BCUT2D eigenvalue weighted by Crippen LogP contribution is -2.39. The molecule has 3 atom stereocenters. The van der Waals surface area contributed by atoms with E-state index in [1.165, 1.54) is 17.5 Å². The summed E-state index contributed by atoms with van der Waals surface area (Å²) in [5.74, 6) is 1.45. The van der Waals surface area contributed by atoms with E-state index >= 15 is 0 Å². The van der Waals surface area contributed by atoms with Crippen molar-refractivity contribution < 1.29 is 4.79 Å². The molecule has 4 heterocycles. The van der Waals surface area contributed by atoms with Crippen LogP contribution in [0.4, 0.5) is 5.82 Å². The zero-order valence-corrected chi connectivity index (χ0v) is 21.3. The fraction of sp³-hybridized carbons (Fsp3) is 0.517. The largest absolute Gasteiger partial charge is 0.355 e. The Labute approximate surface area is 212 Å². The van der Waals surface area contributed by atoms with E-state index in [-0.39, 0.29) is 17.9 Å². The van der Waals surface area contributed by atoms with Gasteiger partial charge in [0.05, 0.1) is 23.7 Å². The average Bonchev–Trinajstić information content (AvgIpc) is 3.49. The number of nitriles is 1. The summed E-state index contributed by atoms with van der Waals surface area (Å²) in [5.41, 5.74) is 6.25. The Hall–Kier alpha value is -3.40. The summed E-state index contributed by atoms with van der Waals surface area (Å²) in [6.07, 6.45) is 9.51. The van der Waals surface area contributed by atoms with E-state index in [0.717, 1.165) is 86.4 Å². The van der Waals surface area contributed by atoms with Crippen molar-refractivity contribution in [2.75, 3.05) is 24.5 Å². The molecule has 1 amide bonds. The Kier molecular flexibility index (Phi) is 5.91. The number of likely N-dealkylation sites (tertiary alicyclic amines) is 1. The Morgan fingerprint density at radius 2 is 2.00 bits per heavy atom. The van der Waals surface area contributed by atoms with Gasteiger partial charge in [0.2, 0.25) is 0 Å². The second-order valence-electron chi connectivity index (χ2n) is 10.9. The molecule has 0 spiro atoms. The maximum Gasteiger partial charge on any atom is 0.254 e. The summed E-state index contributed by atoms with van der Waals surface area (Å²) in [5, 5.41) is 14.4. The number of hydrogen-bond donors (Lipinski definition) is 0. The minimum Gasteiger partial charge on any atom is -0.355 e. The molecule has 2 aromatic heterocycles. The van der Waals surface area contributed by atoms with Gasteiger partial charge in [-0.05, 0) is 75.0 Å². The van der Waals surface area contributed by atoms with Gasteiger partial charge in [-0.25, -0.2) is 9.50 Å². The number of hydrogen-bond acceptors (Lipinski definition) is 5. The summed E-state index contributed by atoms with van der Waals surface area (Å²) in [6.45, 7) is 6.52. The van der Waals surface area contributed by atoms with Gasteiger partial charge in [0.15, 0.2) is 5.65 Å². The first kappa shape index (κ1) is 23.0. The van der Waals surface area contributed by atoms with Crippen molar-refractivity contribution in [2.45, 2.75) is 64.8 Å². The number of rotatable bonds is 3. The van der Waals surface area contributed by atoms with Crippen molar-refractivity contribution >= 4 is 17.4 Å². The van der Waals surface area contributed by atoms with Crippen molar-refractivity contribution in [1.29, 1.82) is 5.26 Å². The van der Waals surface area contributed by atoms with Gasteiger partial charge in [-0.1, -0.05) is 19.1 Å². The number of aryl methyl sites for hydroxylation is 2. The molecule has 3 aromatic rings. The van der Waals surface area contributed by atoms with Crippen LogP contribution >= 0.6 is 0 Å². The average molecular weight is 483 g/mol. The molecule has 7 nitrogen and oxygen atoms in total. The quantitative estimate of drug-likeness (QED) is 0.532. The van der Waals surface area contributed by atoms with Crippen LogP contribution in [0, 0.1) is 30.1 Å². The normalized spacial score (nSPS) is 24.1. The van der Waals surface area contributed by atoms with Crippen molar-refractivity contribution in [3.8, 4) is 6.07 Å². The topological polar surface area (TPSA) is 77.5 Å². The second-order valence-corrected chi connectivity index (χ2v) is 10.9. The van der Waals surface area contributed by atoms with E-state index in [1.54, 1.807) is 0 Å². The number of carbonyl (C=O) groups is 1. The Morgan fingerprint density at radius 1 is 1.14 bits per heavy atom. The minimum atomic E-state index is -0.0362. The molecule has 1 aromatic carbocycles. The van der Waals surface area contributed by atoms with E-state index in [0.29, 0.717) is 5.92 Å². The third-order valence-corrected chi connectivity index (χ3v) is 8.43. The molecule has 6 rings (SSSR count). The Morgan fingerprint density at radius 3 is 2.83 bits per heavy atom. The Bertz CT molecular complexity index is 1350. The summed E-state index contributed by atoms with van der Waals surface area (Å²) in [7, 11) is 0. The van der Waals surface area contributed by atoms with Crippen LogP contribution < -0.4 is 4.90 Å². The van der Waals surface area contributed by atoms with Crippen molar-refractivity contribution in [2.24, 2.45) is 11.8 Å². The number of fused-ring (bicyclic) bond motifs is 2. The molecular formula is C29H34N6O. The zero-order chi connectivity index (χ0) is 24.8. The molecule has 2 fully saturated rings. The highest BCUT2D eigenvalue weighted by molar-refractivity contribution is 5.96. The summed E-state index contributed by atoms with van der Waals surface area (Å²) >= 11 is 0. The van der Waals surface area contributed by atoms with Crippen LogP contribution in [-0.4, -0.2) is 45.0 Å². The van der Waals surface area contributed by atoms with Crippen LogP contribution in [0.3, 0.4) is 0 Å². The smallest absolute Gasteiger partial charge is 0.254 e. The number of piperidine rings is 1. The highest BCUT2D eigenvalue weighted by Crippen LogP contribution is 2.35. The predicted molar refractivity (Wildman–Crippen MR) is 139 cm³/mol. The van der Waals surface area contributed by atoms with Crippen LogP contribution in [-0.2, 0) is 12.8 Å². The van der Waals surface area contributed by atoms with Gasteiger partial charge >= 0.3 is 0 Å². The minimum absolute atomic E-state index is 0.0356. The van der Waals surface area contributed by atoms with Gasteiger partial charge in [0.25, 0.3) is 5.91 Å². The third kappa shape index (κ3) is 3.93. The van der Waals surface area contributed by atoms with E-state index in [1.807, 2.05) is 22.8 Å². The highest BCUT2D eigenvalue weighted by Gasteiger charge is 2.34. The van der Waals surface area contributed by atoms with E-state index in [2.05, 4.69) is 41.8 Å². The van der Waals surface area contributed by atoms with Crippen LogP contribution in [0.15, 0.2) is 30.5 Å². The lowest BCUT2D eigenvalue weighted by atomic mass is 9.87. The van der Waals surface area contributed by atoms with E-state index in [4.69, 9.17) is 10.1 Å². The van der Waals surface area contributed by atoms with Gasteiger partial charge in [-0.3, -0.25) is 4.79 Å². The molecule has 36 heavy (non-hydrogen) atoms. The molecule has 0 N–H and O–H groups in total. The Balaban J connectivity index is 1.32. The molecule has 1 aliphatic carbocycles. The SMILES string of the molecule is Cc1cn2nc([C@@H]3CCCCN3C(=O)c3cccc4c3CCCC4)cc2nc1N1C[C@@H](C#N)[C@@H](C)C1. The number of carbonyl (C=O) groups excluding carboxylic acids is 1. The molecular weight excluding hydrogens is 448 g/mol. The van der Waals surface area contributed by atoms with Gasteiger partial charge in [-0.15, -0.1) is 0 Å². The molecule has 2 saturated heterocycles. The van der Waals surface area contributed by atoms with Gasteiger partial charge in [-0.2, -0.15) is 10.4 Å². The number of anilines is 1. The fourth-order valence-electron chi connectivity index (χ4n) is 6.43. The molecule has 0 saturated carbocycles. The van der Waals surface area contributed by atoms with Gasteiger partial charge in [0.1, 0.15) is 5.82 Å². The standard InChI is InChI=1S/C29H34N6O/c1-19-16-33(18-22(19)15-30)28-20(2)17-35-27(31-28)14-25(32-35)26-12-5-6-13-34(26)29(36)24-11-7-9-21-8-3-4-10-23(21)24/h7,9,11,14,17,19,22,26H,3-6,8,10,12-13,16,18H2,1-2H3/t19-,22+,26-/m0/s1. The molecule has 0 radical (unpaired) electrons. The van der Waals surface area contributed by atoms with E-state index < -0.39 is 0 Å². The number of aromatic nitrogens is 3.